The Bertz CT molecular complexity index is 1290. The van der Waals surface area contributed by atoms with Crippen LogP contribution in [0.15, 0.2) is 58.2 Å². The third-order valence-electron chi connectivity index (χ3n) is 3.99. The first-order valence-corrected chi connectivity index (χ1v) is 12.4. The molecule has 3 aromatic rings. The molecule has 12 heteroatoms. The summed E-state index contributed by atoms with van der Waals surface area (Å²) in [5.41, 5.74) is 0.198. The van der Waals surface area contributed by atoms with Crippen LogP contribution in [0.5, 0.6) is 11.5 Å². The van der Waals surface area contributed by atoms with Crippen LogP contribution in [0.3, 0.4) is 0 Å². The summed E-state index contributed by atoms with van der Waals surface area (Å²) in [6, 6.07) is 8.37. The first-order chi connectivity index (χ1) is 15.1. The molecule has 0 aliphatic carbocycles. The standard InChI is InChI=1S/C20H15BrCl3N3O4S/c1-2-26-20(28)14-7-17(27-32(29,30)19-4-3-11(22)6-16(19)24)15(21)8-18(14)31-13-5-12(23)9-25-10-13/h3-10,27H,2H2,1H3,(H,26,28). The number of halogens is 4. The number of nitrogens with zero attached hydrogens (tertiary/aromatic N) is 1. The number of anilines is 1. The van der Waals surface area contributed by atoms with Gasteiger partial charge >= 0.3 is 0 Å². The summed E-state index contributed by atoms with van der Waals surface area (Å²) in [6.45, 7) is 2.11. The Kier molecular flexibility index (Phi) is 7.89. The Morgan fingerprint density at radius 2 is 1.84 bits per heavy atom. The summed E-state index contributed by atoms with van der Waals surface area (Å²) in [7, 11) is -4.09. The molecule has 0 spiro atoms. The minimum atomic E-state index is -4.09. The van der Waals surface area contributed by atoms with E-state index in [1.807, 2.05) is 0 Å². The van der Waals surface area contributed by atoms with Crippen LogP contribution in [0.4, 0.5) is 5.69 Å². The highest BCUT2D eigenvalue weighted by atomic mass is 79.9. The summed E-state index contributed by atoms with van der Waals surface area (Å²) in [6.07, 6.45) is 2.87. The van der Waals surface area contributed by atoms with E-state index in [1.165, 1.54) is 48.8 Å². The van der Waals surface area contributed by atoms with Crippen molar-refractivity contribution >= 4 is 72.4 Å². The maximum atomic E-state index is 12.9. The van der Waals surface area contributed by atoms with E-state index in [4.69, 9.17) is 39.5 Å². The molecule has 2 aromatic carbocycles. The molecule has 0 saturated carbocycles. The van der Waals surface area contributed by atoms with E-state index in [-0.39, 0.29) is 26.9 Å². The molecule has 0 atom stereocenters. The number of carbonyl (C=O) groups excluding carboxylic acids is 1. The molecule has 1 heterocycles. The van der Waals surface area contributed by atoms with E-state index in [2.05, 4.69) is 31.0 Å². The first-order valence-electron chi connectivity index (χ1n) is 8.98. The lowest BCUT2D eigenvalue weighted by Gasteiger charge is -2.16. The molecular weight excluding hydrogens is 565 g/mol. The number of hydrogen-bond acceptors (Lipinski definition) is 5. The van der Waals surface area contributed by atoms with Gasteiger partial charge in [-0.2, -0.15) is 0 Å². The van der Waals surface area contributed by atoms with Gasteiger partial charge in [0, 0.05) is 28.3 Å². The molecule has 1 aromatic heterocycles. The highest BCUT2D eigenvalue weighted by molar-refractivity contribution is 9.10. The zero-order valence-electron chi connectivity index (χ0n) is 16.3. The number of rotatable bonds is 7. The summed E-state index contributed by atoms with van der Waals surface area (Å²) >= 11 is 21.2. The van der Waals surface area contributed by atoms with Gasteiger partial charge in [-0.1, -0.05) is 34.8 Å². The van der Waals surface area contributed by atoms with Gasteiger partial charge in [0.1, 0.15) is 16.4 Å². The molecular formula is C20H15BrCl3N3O4S. The van der Waals surface area contributed by atoms with Crippen molar-refractivity contribution in [2.75, 3.05) is 11.3 Å². The average molecular weight is 580 g/mol. The lowest BCUT2D eigenvalue weighted by atomic mass is 10.1. The monoisotopic (exact) mass is 577 g/mol. The van der Waals surface area contributed by atoms with E-state index in [0.717, 1.165) is 0 Å². The fourth-order valence-corrected chi connectivity index (χ4v) is 5.18. The molecule has 168 valence electrons. The van der Waals surface area contributed by atoms with Crippen molar-refractivity contribution in [1.82, 2.24) is 10.3 Å². The lowest BCUT2D eigenvalue weighted by Crippen LogP contribution is -2.23. The van der Waals surface area contributed by atoms with Gasteiger partial charge in [0.15, 0.2) is 0 Å². The van der Waals surface area contributed by atoms with Gasteiger partial charge in [-0.3, -0.25) is 14.5 Å². The van der Waals surface area contributed by atoms with Gasteiger partial charge in [-0.05, 0) is 53.2 Å². The van der Waals surface area contributed by atoms with Gasteiger partial charge in [-0.15, -0.1) is 0 Å². The summed E-state index contributed by atoms with van der Waals surface area (Å²) in [5.74, 6) is 0.00514. The molecule has 0 fully saturated rings. The number of aromatic nitrogens is 1. The maximum absolute atomic E-state index is 12.9. The quantitative estimate of drug-likeness (QED) is 0.350. The van der Waals surface area contributed by atoms with Crippen molar-refractivity contribution in [3.8, 4) is 11.5 Å². The van der Waals surface area contributed by atoms with Crippen LogP contribution in [0.1, 0.15) is 17.3 Å². The van der Waals surface area contributed by atoms with E-state index in [0.29, 0.717) is 26.8 Å². The molecule has 0 saturated heterocycles. The molecule has 32 heavy (non-hydrogen) atoms. The average Bonchev–Trinajstić information content (AvgIpc) is 2.69. The maximum Gasteiger partial charge on any atom is 0.263 e. The fraction of sp³-hybridized carbons (Fsp3) is 0.100. The Balaban J connectivity index is 2.03. The minimum absolute atomic E-state index is 0.0431. The number of amides is 1. The van der Waals surface area contributed by atoms with Crippen molar-refractivity contribution in [2.45, 2.75) is 11.8 Å². The van der Waals surface area contributed by atoms with E-state index in [1.54, 1.807) is 6.92 Å². The third kappa shape index (κ3) is 5.85. The minimum Gasteiger partial charge on any atom is -0.455 e. The smallest absolute Gasteiger partial charge is 0.263 e. The number of benzene rings is 2. The zero-order valence-corrected chi connectivity index (χ0v) is 21.0. The summed E-state index contributed by atoms with van der Waals surface area (Å²) < 4.78 is 34.3. The zero-order chi connectivity index (χ0) is 23.5. The molecule has 0 aliphatic heterocycles. The van der Waals surface area contributed by atoms with Crippen LogP contribution in [0.2, 0.25) is 15.1 Å². The molecule has 0 aliphatic rings. The van der Waals surface area contributed by atoms with Crippen LogP contribution in [-0.4, -0.2) is 25.9 Å². The SMILES string of the molecule is CCNC(=O)c1cc(NS(=O)(=O)c2ccc(Cl)cc2Cl)c(Br)cc1Oc1cncc(Cl)c1. The lowest BCUT2D eigenvalue weighted by molar-refractivity contribution is 0.0953. The van der Waals surface area contributed by atoms with Crippen molar-refractivity contribution in [1.29, 1.82) is 0 Å². The largest absolute Gasteiger partial charge is 0.455 e. The highest BCUT2D eigenvalue weighted by Gasteiger charge is 2.23. The topological polar surface area (TPSA) is 97.4 Å². The molecule has 2 N–H and O–H groups in total. The van der Waals surface area contributed by atoms with Gasteiger partial charge in [-0.25, -0.2) is 8.42 Å². The molecule has 0 unspecified atom stereocenters. The van der Waals surface area contributed by atoms with Gasteiger partial charge in [0.25, 0.3) is 15.9 Å². The second-order valence-electron chi connectivity index (χ2n) is 6.31. The fourth-order valence-electron chi connectivity index (χ4n) is 2.62. The Morgan fingerprint density at radius 3 is 2.50 bits per heavy atom. The normalized spacial score (nSPS) is 11.2. The van der Waals surface area contributed by atoms with E-state index >= 15 is 0 Å². The Morgan fingerprint density at radius 1 is 1.09 bits per heavy atom. The predicted octanol–water partition coefficient (Wildman–Crippen LogP) is 6.15. The van der Waals surface area contributed by atoms with Gasteiger partial charge in [0.05, 0.1) is 27.5 Å². The Hall–Kier alpha value is -2.04. The number of nitrogens with one attached hydrogen (secondary N) is 2. The van der Waals surface area contributed by atoms with Gasteiger partial charge < -0.3 is 10.1 Å². The molecule has 1 amide bonds. The van der Waals surface area contributed by atoms with Crippen molar-refractivity contribution in [2.24, 2.45) is 0 Å². The summed E-state index contributed by atoms with van der Waals surface area (Å²) in [4.78, 5) is 16.4. The number of carbonyl (C=O) groups is 1. The van der Waals surface area contributed by atoms with Crippen LogP contribution >= 0.6 is 50.7 Å². The van der Waals surface area contributed by atoms with Crippen LogP contribution in [0.25, 0.3) is 0 Å². The molecule has 7 nitrogen and oxygen atoms in total. The second kappa shape index (κ2) is 10.3. The van der Waals surface area contributed by atoms with Crippen molar-refractivity contribution in [3.05, 3.63) is 73.9 Å². The molecule has 0 bridgehead atoms. The first kappa shape index (κ1) is 24.6. The second-order valence-corrected chi connectivity index (χ2v) is 10.1. The summed E-state index contributed by atoms with van der Waals surface area (Å²) in [5, 5.41) is 3.27. The van der Waals surface area contributed by atoms with Crippen LogP contribution < -0.4 is 14.8 Å². The molecule has 0 radical (unpaired) electrons. The van der Waals surface area contributed by atoms with Crippen LogP contribution in [0, 0.1) is 0 Å². The van der Waals surface area contributed by atoms with E-state index in [9.17, 15) is 13.2 Å². The van der Waals surface area contributed by atoms with Crippen molar-refractivity contribution < 1.29 is 17.9 Å². The number of ether oxygens (including phenoxy) is 1. The number of pyridine rings is 1. The van der Waals surface area contributed by atoms with Crippen LogP contribution in [-0.2, 0) is 10.0 Å². The third-order valence-corrected chi connectivity index (χ3v) is 6.93. The van der Waals surface area contributed by atoms with E-state index < -0.39 is 15.9 Å². The van der Waals surface area contributed by atoms with Crippen molar-refractivity contribution in [3.63, 3.8) is 0 Å². The molecule has 3 rings (SSSR count). The predicted molar refractivity (Wildman–Crippen MR) is 129 cm³/mol. The van der Waals surface area contributed by atoms with Gasteiger partial charge in [0.2, 0.25) is 0 Å². The highest BCUT2D eigenvalue weighted by Crippen LogP contribution is 2.36. The number of sulfonamides is 1. The Labute approximate surface area is 208 Å². The number of hydrogen-bond donors (Lipinski definition) is 2.